The highest BCUT2D eigenvalue weighted by Gasteiger charge is 2.13. The van der Waals surface area contributed by atoms with Gasteiger partial charge < -0.3 is 16.2 Å². The summed E-state index contributed by atoms with van der Waals surface area (Å²) in [4.78, 5) is 15.3. The molecule has 14 heavy (non-hydrogen) atoms. The Balaban J connectivity index is 2.58. The normalized spacial score (nSPS) is 12.4. The lowest BCUT2D eigenvalue weighted by molar-refractivity contribution is 0.0910. The van der Waals surface area contributed by atoms with Gasteiger partial charge in [-0.2, -0.15) is 0 Å². The van der Waals surface area contributed by atoms with Crippen molar-refractivity contribution in [3.8, 4) is 0 Å². The van der Waals surface area contributed by atoms with Crippen LogP contribution >= 0.6 is 11.3 Å². The summed E-state index contributed by atoms with van der Waals surface area (Å²) in [5.74, 6) is -0.293. The molecule has 0 aromatic carbocycles. The van der Waals surface area contributed by atoms with Gasteiger partial charge in [-0.25, -0.2) is 4.98 Å². The molecule has 1 amide bonds. The summed E-state index contributed by atoms with van der Waals surface area (Å²) in [5, 5.41) is 13.5. The first-order valence-corrected chi connectivity index (χ1v) is 5.18. The molecule has 0 aliphatic heterocycles. The predicted octanol–water partition coefficient (Wildman–Crippen LogP) is 0.226. The monoisotopic (exact) mass is 215 g/mol. The quantitative estimate of drug-likeness (QED) is 0.670. The van der Waals surface area contributed by atoms with E-state index >= 15 is 0 Å². The van der Waals surface area contributed by atoms with Gasteiger partial charge in [0.25, 0.3) is 5.91 Å². The first-order chi connectivity index (χ1) is 6.67. The molecule has 0 spiro atoms. The average Bonchev–Trinajstić information content (AvgIpc) is 2.61. The molecule has 1 aromatic heterocycles. The van der Waals surface area contributed by atoms with Crippen LogP contribution in [0.4, 0.5) is 5.13 Å². The summed E-state index contributed by atoms with van der Waals surface area (Å²) in [7, 11) is 0. The van der Waals surface area contributed by atoms with Crippen molar-refractivity contribution in [2.24, 2.45) is 0 Å². The lowest BCUT2D eigenvalue weighted by Crippen LogP contribution is -2.37. The number of hydrogen-bond donors (Lipinski definition) is 3. The molecule has 4 N–H and O–H groups in total. The third-order valence-corrected chi connectivity index (χ3v) is 2.48. The molecule has 0 saturated heterocycles. The number of rotatable bonds is 4. The second-order valence-electron chi connectivity index (χ2n) is 2.83. The van der Waals surface area contributed by atoms with Crippen LogP contribution in [0.15, 0.2) is 5.38 Å². The fourth-order valence-electron chi connectivity index (χ4n) is 0.928. The van der Waals surface area contributed by atoms with E-state index in [-0.39, 0.29) is 18.6 Å². The second-order valence-corrected chi connectivity index (χ2v) is 3.72. The molecule has 0 fully saturated rings. The second kappa shape index (κ2) is 4.92. The van der Waals surface area contributed by atoms with Crippen LogP contribution in [0.3, 0.4) is 0 Å². The minimum Gasteiger partial charge on any atom is -0.394 e. The maximum atomic E-state index is 11.5. The third kappa shape index (κ3) is 2.68. The van der Waals surface area contributed by atoms with Gasteiger partial charge in [0.1, 0.15) is 5.69 Å². The van der Waals surface area contributed by atoms with Crippen molar-refractivity contribution in [2.45, 2.75) is 19.4 Å². The Labute approximate surface area is 86.0 Å². The van der Waals surface area contributed by atoms with Gasteiger partial charge in [-0.3, -0.25) is 4.79 Å². The molecule has 1 rings (SSSR count). The summed E-state index contributed by atoms with van der Waals surface area (Å²) in [6, 6.07) is -0.217. The van der Waals surface area contributed by atoms with Crippen LogP contribution in [-0.2, 0) is 0 Å². The van der Waals surface area contributed by atoms with Crippen LogP contribution < -0.4 is 11.1 Å². The number of thiazole rings is 1. The first-order valence-electron chi connectivity index (χ1n) is 4.30. The fraction of sp³-hybridized carbons (Fsp3) is 0.500. The Morgan fingerprint density at radius 2 is 2.57 bits per heavy atom. The molecule has 0 aliphatic carbocycles. The molecular weight excluding hydrogens is 202 g/mol. The molecule has 0 radical (unpaired) electrons. The van der Waals surface area contributed by atoms with Gasteiger partial charge in [-0.15, -0.1) is 11.3 Å². The van der Waals surface area contributed by atoms with Crippen LogP contribution in [-0.4, -0.2) is 28.6 Å². The van der Waals surface area contributed by atoms with Crippen molar-refractivity contribution in [1.29, 1.82) is 0 Å². The number of amides is 1. The van der Waals surface area contributed by atoms with Crippen LogP contribution in [0.1, 0.15) is 23.8 Å². The van der Waals surface area contributed by atoms with E-state index < -0.39 is 0 Å². The summed E-state index contributed by atoms with van der Waals surface area (Å²) in [6.07, 6.45) is 0.682. The molecule has 1 heterocycles. The van der Waals surface area contributed by atoms with E-state index in [9.17, 15) is 4.79 Å². The minimum absolute atomic E-state index is 0.0676. The Morgan fingerprint density at radius 3 is 3.00 bits per heavy atom. The number of nitrogen functional groups attached to an aromatic ring is 1. The van der Waals surface area contributed by atoms with Crippen LogP contribution in [0.2, 0.25) is 0 Å². The summed E-state index contributed by atoms with van der Waals surface area (Å²) < 4.78 is 0. The number of hydrogen-bond acceptors (Lipinski definition) is 5. The van der Waals surface area contributed by atoms with E-state index in [4.69, 9.17) is 10.8 Å². The Bertz CT molecular complexity index is 309. The number of nitrogens with one attached hydrogen (secondary N) is 1. The molecule has 1 unspecified atom stereocenters. The molecular formula is C8H13N3O2S. The van der Waals surface area contributed by atoms with Crippen LogP contribution in [0, 0.1) is 0 Å². The van der Waals surface area contributed by atoms with E-state index in [0.29, 0.717) is 17.2 Å². The number of aromatic nitrogens is 1. The Hall–Kier alpha value is -1.14. The number of carbonyl (C=O) groups excluding carboxylic acids is 1. The number of anilines is 1. The minimum atomic E-state index is -0.293. The molecule has 78 valence electrons. The van der Waals surface area contributed by atoms with E-state index in [2.05, 4.69) is 10.3 Å². The van der Waals surface area contributed by atoms with Gasteiger partial charge in [0.15, 0.2) is 5.13 Å². The van der Waals surface area contributed by atoms with Crippen molar-refractivity contribution in [2.75, 3.05) is 12.3 Å². The Kier molecular flexibility index (Phi) is 3.84. The molecule has 6 heteroatoms. The zero-order valence-corrected chi connectivity index (χ0v) is 8.67. The number of carbonyl (C=O) groups is 1. The lowest BCUT2D eigenvalue weighted by atomic mass is 10.2. The highest BCUT2D eigenvalue weighted by Crippen LogP contribution is 2.10. The summed E-state index contributed by atoms with van der Waals surface area (Å²) in [6.45, 7) is 1.82. The van der Waals surface area contributed by atoms with Gasteiger partial charge in [-0.1, -0.05) is 6.92 Å². The zero-order valence-electron chi connectivity index (χ0n) is 7.86. The molecule has 5 nitrogen and oxygen atoms in total. The zero-order chi connectivity index (χ0) is 10.6. The SMILES string of the molecule is CCC(CO)NC(=O)c1csc(N)n1. The van der Waals surface area contributed by atoms with Crippen molar-refractivity contribution >= 4 is 22.4 Å². The number of aliphatic hydroxyl groups is 1. The standard InChI is InChI=1S/C8H13N3O2S/c1-2-5(3-12)10-7(13)6-4-14-8(9)11-6/h4-5,12H,2-3H2,1H3,(H2,9,11)(H,10,13). The van der Waals surface area contributed by atoms with Crippen LogP contribution in [0.25, 0.3) is 0 Å². The molecule has 0 aliphatic rings. The molecule has 0 saturated carbocycles. The highest BCUT2D eigenvalue weighted by molar-refractivity contribution is 7.13. The molecule has 1 aromatic rings. The molecule has 1 atom stereocenters. The maximum absolute atomic E-state index is 11.5. The largest absolute Gasteiger partial charge is 0.394 e. The van der Waals surface area contributed by atoms with Crippen LogP contribution in [0.5, 0.6) is 0 Å². The van der Waals surface area contributed by atoms with Crippen molar-refractivity contribution in [1.82, 2.24) is 10.3 Å². The Morgan fingerprint density at radius 1 is 1.86 bits per heavy atom. The molecule has 0 bridgehead atoms. The number of aliphatic hydroxyl groups excluding tert-OH is 1. The first kappa shape index (κ1) is 10.9. The maximum Gasteiger partial charge on any atom is 0.271 e. The summed E-state index contributed by atoms with van der Waals surface area (Å²) >= 11 is 1.22. The summed E-state index contributed by atoms with van der Waals surface area (Å²) in [5.41, 5.74) is 5.70. The predicted molar refractivity (Wildman–Crippen MR) is 55.2 cm³/mol. The van der Waals surface area contributed by atoms with Gasteiger partial charge in [0.2, 0.25) is 0 Å². The topological polar surface area (TPSA) is 88.2 Å². The number of nitrogens with two attached hydrogens (primary N) is 1. The smallest absolute Gasteiger partial charge is 0.271 e. The fourth-order valence-corrected chi connectivity index (χ4v) is 1.47. The third-order valence-electron chi connectivity index (χ3n) is 1.80. The average molecular weight is 215 g/mol. The van der Waals surface area contributed by atoms with Gasteiger partial charge in [0, 0.05) is 5.38 Å². The highest BCUT2D eigenvalue weighted by atomic mass is 32.1. The van der Waals surface area contributed by atoms with Crippen molar-refractivity contribution < 1.29 is 9.90 Å². The van der Waals surface area contributed by atoms with E-state index in [0.717, 1.165) is 0 Å². The van der Waals surface area contributed by atoms with E-state index in [1.165, 1.54) is 11.3 Å². The van der Waals surface area contributed by atoms with E-state index in [1.54, 1.807) is 5.38 Å². The van der Waals surface area contributed by atoms with Gasteiger partial charge in [-0.05, 0) is 6.42 Å². The lowest BCUT2D eigenvalue weighted by Gasteiger charge is -2.12. The van der Waals surface area contributed by atoms with Gasteiger partial charge in [0.05, 0.1) is 12.6 Å². The van der Waals surface area contributed by atoms with Crippen molar-refractivity contribution in [3.63, 3.8) is 0 Å². The van der Waals surface area contributed by atoms with Crippen molar-refractivity contribution in [3.05, 3.63) is 11.1 Å². The van der Waals surface area contributed by atoms with E-state index in [1.807, 2.05) is 6.92 Å². The van der Waals surface area contributed by atoms with Gasteiger partial charge >= 0.3 is 0 Å². The number of nitrogens with zero attached hydrogens (tertiary/aromatic N) is 1.